The highest BCUT2D eigenvalue weighted by atomic mass is 16.5. The lowest BCUT2D eigenvalue weighted by Gasteiger charge is -2.10. The van der Waals surface area contributed by atoms with Crippen LogP contribution >= 0.6 is 0 Å². The maximum atomic E-state index is 11.1. The Hall–Kier alpha value is -2.82. The average Bonchev–Trinajstić information content (AvgIpc) is 2.96. The number of carbonyl (C=O) groups is 1. The molecule has 0 saturated heterocycles. The van der Waals surface area contributed by atoms with Crippen LogP contribution in [0.1, 0.15) is 16.1 Å². The van der Waals surface area contributed by atoms with E-state index in [1.807, 2.05) is 22.7 Å². The van der Waals surface area contributed by atoms with Crippen molar-refractivity contribution in [3.8, 4) is 11.5 Å². The van der Waals surface area contributed by atoms with Crippen LogP contribution in [0.15, 0.2) is 48.9 Å². The largest absolute Gasteiger partial charge is 0.497 e. The first kappa shape index (κ1) is 13.2. The number of aldehydes is 1. The Labute approximate surface area is 121 Å². The summed E-state index contributed by atoms with van der Waals surface area (Å²) < 4.78 is 12.8. The average molecular weight is 282 g/mol. The lowest BCUT2D eigenvalue weighted by molar-refractivity contribution is 0.111. The molecule has 2 aromatic heterocycles. The van der Waals surface area contributed by atoms with Gasteiger partial charge in [0.15, 0.2) is 6.29 Å². The predicted octanol–water partition coefficient (Wildman–Crippen LogP) is 2.73. The Balaban J connectivity index is 1.83. The molecular formula is C16H14N2O3. The standard InChI is InChI=1S/C16H14N2O3/c1-20-15-4-5-16(12(8-15)10-19)21-11-14-3-2-13-9-17-6-7-18(13)14/h2-10H,11H2,1H3. The Morgan fingerprint density at radius 1 is 1.29 bits per heavy atom. The molecule has 0 N–H and O–H groups in total. The predicted molar refractivity (Wildman–Crippen MR) is 77.9 cm³/mol. The molecule has 0 atom stereocenters. The minimum absolute atomic E-state index is 0.366. The maximum Gasteiger partial charge on any atom is 0.153 e. The molecule has 2 heterocycles. The van der Waals surface area contributed by atoms with Crippen molar-refractivity contribution in [3.63, 3.8) is 0 Å². The molecule has 0 fully saturated rings. The van der Waals surface area contributed by atoms with Gasteiger partial charge in [-0.25, -0.2) is 0 Å². The summed E-state index contributed by atoms with van der Waals surface area (Å²) >= 11 is 0. The van der Waals surface area contributed by atoms with E-state index in [2.05, 4.69) is 4.98 Å². The minimum Gasteiger partial charge on any atom is -0.497 e. The number of fused-ring (bicyclic) bond motifs is 1. The van der Waals surface area contributed by atoms with Gasteiger partial charge in [-0.15, -0.1) is 0 Å². The molecular weight excluding hydrogens is 268 g/mol. The Morgan fingerprint density at radius 3 is 3.00 bits per heavy atom. The van der Waals surface area contributed by atoms with E-state index in [0.29, 0.717) is 23.7 Å². The van der Waals surface area contributed by atoms with Gasteiger partial charge in [0.25, 0.3) is 0 Å². The first-order chi connectivity index (χ1) is 10.3. The summed E-state index contributed by atoms with van der Waals surface area (Å²) in [4.78, 5) is 15.2. The van der Waals surface area contributed by atoms with Crippen LogP contribution in [0.4, 0.5) is 0 Å². The van der Waals surface area contributed by atoms with E-state index >= 15 is 0 Å². The summed E-state index contributed by atoms with van der Waals surface area (Å²) in [5, 5.41) is 0. The van der Waals surface area contributed by atoms with E-state index in [1.54, 1.807) is 37.7 Å². The zero-order valence-electron chi connectivity index (χ0n) is 11.5. The molecule has 5 heteroatoms. The number of nitrogens with zero attached hydrogens (tertiary/aromatic N) is 2. The van der Waals surface area contributed by atoms with E-state index in [9.17, 15) is 4.79 Å². The summed E-state index contributed by atoms with van der Waals surface area (Å²) in [7, 11) is 1.56. The number of hydrogen-bond acceptors (Lipinski definition) is 4. The second-order valence-corrected chi connectivity index (χ2v) is 4.51. The maximum absolute atomic E-state index is 11.1. The third-order valence-electron chi connectivity index (χ3n) is 3.26. The zero-order chi connectivity index (χ0) is 14.7. The number of benzene rings is 1. The SMILES string of the molecule is COc1ccc(OCc2ccc3cnccn23)c(C=O)c1. The van der Waals surface area contributed by atoms with E-state index in [4.69, 9.17) is 9.47 Å². The fourth-order valence-electron chi connectivity index (χ4n) is 2.17. The number of methoxy groups -OCH3 is 1. The summed E-state index contributed by atoms with van der Waals surface area (Å²) in [5.74, 6) is 1.17. The number of aromatic nitrogens is 2. The zero-order valence-corrected chi connectivity index (χ0v) is 11.5. The second kappa shape index (κ2) is 5.66. The molecule has 3 aromatic rings. The van der Waals surface area contributed by atoms with Crippen molar-refractivity contribution < 1.29 is 14.3 Å². The molecule has 21 heavy (non-hydrogen) atoms. The van der Waals surface area contributed by atoms with Gasteiger partial charge < -0.3 is 13.9 Å². The van der Waals surface area contributed by atoms with Crippen LogP contribution in [0, 0.1) is 0 Å². The van der Waals surface area contributed by atoms with Gasteiger partial charge in [-0.1, -0.05) is 0 Å². The molecule has 106 valence electrons. The van der Waals surface area contributed by atoms with Crippen LogP contribution in [-0.2, 0) is 6.61 Å². The first-order valence-electron chi connectivity index (χ1n) is 6.48. The monoisotopic (exact) mass is 282 g/mol. The molecule has 0 radical (unpaired) electrons. The normalized spacial score (nSPS) is 10.5. The number of rotatable bonds is 5. The topological polar surface area (TPSA) is 52.8 Å². The van der Waals surface area contributed by atoms with E-state index in [-0.39, 0.29) is 0 Å². The van der Waals surface area contributed by atoms with Crippen molar-refractivity contribution in [3.05, 3.63) is 60.2 Å². The molecule has 3 rings (SSSR count). The van der Waals surface area contributed by atoms with E-state index in [1.165, 1.54) is 0 Å². The van der Waals surface area contributed by atoms with Gasteiger partial charge in [-0.3, -0.25) is 9.78 Å². The fourth-order valence-corrected chi connectivity index (χ4v) is 2.17. The molecule has 0 saturated carbocycles. The minimum atomic E-state index is 0.366. The summed E-state index contributed by atoms with van der Waals surface area (Å²) in [5.41, 5.74) is 2.46. The smallest absolute Gasteiger partial charge is 0.153 e. The van der Waals surface area contributed by atoms with Gasteiger partial charge in [0.05, 0.1) is 30.1 Å². The first-order valence-corrected chi connectivity index (χ1v) is 6.48. The highest BCUT2D eigenvalue weighted by Gasteiger charge is 2.07. The van der Waals surface area contributed by atoms with Gasteiger partial charge in [0.2, 0.25) is 0 Å². The van der Waals surface area contributed by atoms with Crippen molar-refractivity contribution in [1.82, 2.24) is 9.38 Å². The lowest BCUT2D eigenvalue weighted by Crippen LogP contribution is -2.01. The van der Waals surface area contributed by atoms with Crippen LogP contribution < -0.4 is 9.47 Å². The molecule has 0 spiro atoms. The van der Waals surface area contributed by atoms with Crippen molar-refractivity contribution in [2.45, 2.75) is 6.61 Å². The Bertz CT molecular complexity index is 780. The quantitative estimate of drug-likeness (QED) is 0.675. The third kappa shape index (κ3) is 2.58. The van der Waals surface area contributed by atoms with Gasteiger partial charge >= 0.3 is 0 Å². The van der Waals surface area contributed by atoms with Gasteiger partial charge in [-0.05, 0) is 30.3 Å². The number of ether oxygens (including phenoxy) is 2. The Kier molecular flexibility index (Phi) is 3.55. The third-order valence-corrected chi connectivity index (χ3v) is 3.26. The molecule has 0 bridgehead atoms. The molecule has 5 nitrogen and oxygen atoms in total. The van der Waals surface area contributed by atoms with Gasteiger partial charge in [0, 0.05) is 12.4 Å². The molecule has 0 unspecified atom stereocenters. The molecule has 0 aliphatic rings. The highest BCUT2D eigenvalue weighted by molar-refractivity contribution is 5.80. The number of hydrogen-bond donors (Lipinski definition) is 0. The van der Waals surface area contributed by atoms with Crippen LogP contribution in [0.5, 0.6) is 11.5 Å². The van der Waals surface area contributed by atoms with E-state index < -0.39 is 0 Å². The summed E-state index contributed by atoms with van der Waals surface area (Å²) in [6.45, 7) is 0.366. The summed E-state index contributed by atoms with van der Waals surface area (Å²) in [6, 6.07) is 9.10. The number of carbonyl (C=O) groups excluding carboxylic acids is 1. The molecule has 0 aliphatic carbocycles. The Morgan fingerprint density at radius 2 is 2.19 bits per heavy atom. The fraction of sp³-hybridized carbons (Fsp3) is 0.125. The molecule has 0 amide bonds. The van der Waals surface area contributed by atoms with Crippen LogP contribution in [0.2, 0.25) is 0 Å². The van der Waals surface area contributed by atoms with Crippen molar-refractivity contribution in [2.24, 2.45) is 0 Å². The summed E-state index contributed by atoms with van der Waals surface area (Å²) in [6.07, 6.45) is 6.15. The molecule has 1 aromatic carbocycles. The second-order valence-electron chi connectivity index (χ2n) is 4.51. The lowest BCUT2D eigenvalue weighted by atomic mass is 10.2. The van der Waals surface area contributed by atoms with Gasteiger partial charge in [0.1, 0.15) is 18.1 Å². The van der Waals surface area contributed by atoms with Crippen LogP contribution in [-0.4, -0.2) is 22.8 Å². The van der Waals surface area contributed by atoms with E-state index in [0.717, 1.165) is 17.5 Å². The van der Waals surface area contributed by atoms with Crippen molar-refractivity contribution >= 4 is 11.8 Å². The molecule has 0 aliphatic heterocycles. The van der Waals surface area contributed by atoms with Crippen LogP contribution in [0.25, 0.3) is 5.52 Å². The van der Waals surface area contributed by atoms with Gasteiger partial charge in [-0.2, -0.15) is 0 Å². The highest BCUT2D eigenvalue weighted by Crippen LogP contribution is 2.23. The van der Waals surface area contributed by atoms with Crippen LogP contribution in [0.3, 0.4) is 0 Å². The van der Waals surface area contributed by atoms with Crippen molar-refractivity contribution in [2.75, 3.05) is 7.11 Å². The van der Waals surface area contributed by atoms with Crippen molar-refractivity contribution in [1.29, 1.82) is 0 Å².